The van der Waals surface area contributed by atoms with Gasteiger partial charge in [0, 0.05) is 0 Å². The van der Waals surface area contributed by atoms with Crippen LogP contribution in [0.4, 0.5) is 0 Å². The molecule has 1 atom stereocenters. The van der Waals surface area contributed by atoms with E-state index in [1.807, 2.05) is 19.1 Å². The molecule has 40 valence electrons. The van der Waals surface area contributed by atoms with Crippen LogP contribution in [0.5, 0.6) is 0 Å². The first-order valence-corrected chi connectivity index (χ1v) is 2.56. The Balaban J connectivity index is 3.35. The van der Waals surface area contributed by atoms with Gasteiger partial charge in [0.2, 0.25) is 0 Å². The van der Waals surface area contributed by atoms with Crippen molar-refractivity contribution in [3.63, 3.8) is 0 Å². The quantitative estimate of drug-likeness (QED) is 0.463. The molecular formula is C7H12. The van der Waals surface area contributed by atoms with Gasteiger partial charge < -0.3 is 0 Å². The smallest absolute Gasteiger partial charge is 0.00847 e. The van der Waals surface area contributed by atoms with Crippen molar-refractivity contribution < 1.29 is 0 Å². The second-order valence-electron chi connectivity index (χ2n) is 1.62. The molecule has 7 heavy (non-hydrogen) atoms. The Hall–Kier alpha value is -0.520. The van der Waals surface area contributed by atoms with Gasteiger partial charge in [-0.05, 0) is 12.8 Å². The van der Waals surface area contributed by atoms with Crippen LogP contribution >= 0.6 is 0 Å². The molecule has 0 saturated carbocycles. The van der Waals surface area contributed by atoms with Gasteiger partial charge in [-0.3, -0.25) is 0 Å². The average Bonchev–Trinajstić information content (AvgIpc) is 1.68. The minimum absolute atomic E-state index is 0.532. The summed E-state index contributed by atoms with van der Waals surface area (Å²) >= 11 is 0. The Morgan fingerprint density at radius 2 is 2.14 bits per heavy atom. The lowest BCUT2D eigenvalue weighted by Gasteiger charge is -1.90. The summed E-state index contributed by atoms with van der Waals surface area (Å²) in [4.78, 5) is 0. The molecular weight excluding hydrogens is 84.1 g/mol. The number of hydrogen-bond acceptors (Lipinski definition) is 0. The maximum Gasteiger partial charge on any atom is -0.00847 e. The predicted molar refractivity (Wildman–Crippen MR) is 34.2 cm³/mol. The first-order valence-electron chi connectivity index (χ1n) is 2.56. The normalized spacial score (nSPS) is 14.6. The Morgan fingerprint density at radius 3 is 2.29 bits per heavy atom. The Kier molecular flexibility index (Phi) is 3.39. The SMILES string of the molecule is C=C[C@H](C)C=CC. The van der Waals surface area contributed by atoms with Crippen LogP contribution in [0.3, 0.4) is 0 Å². The highest BCUT2D eigenvalue weighted by molar-refractivity contribution is 4.92. The van der Waals surface area contributed by atoms with Crippen molar-refractivity contribution in [3.8, 4) is 0 Å². The summed E-state index contributed by atoms with van der Waals surface area (Å²) in [6.45, 7) is 7.75. The third-order valence-electron chi connectivity index (χ3n) is 0.868. The minimum atomic E-state index is 0.532. The molecule has 0 aliphatic heterocycles. The Morgan fingerprint density at radius 1 is 1.57 bits per heavy atom. The summed E-state index contributed by atoms with van der Waals surface area (Å²) in [5.74, 6) is 0.532. The van der Waals surface area contributed by atoms with Crippen LogP contribution < -0.4 is 0 Å². The lowest BCUT2D eigenvalue weighted by atomic mass is 10.2. The van der Waals surface area contributed by atoms with Crippen LogP contribution in [-0.4, -0.2) is 0 Å². The molecule has 0 fully saturated rings. The van der Waals surface area contributed by atoms with Crippen molar-refractivity contribution >= 4 is 0 Å². The number of rotatable bonds is 2. The van der Waals surface area contributed by atoms with E-state index in [1.165, 1.54) is 0 Å². The molecule has 0 amide bonds. The van der Waals surface area contributed by atoms with Crippen molar-refractivity contribution in [1.82, 2.24) is 0 Å². The van der Waals surface area contributed by atoms with Crippen LogP contribution in [0.25, 0.3) is 0 Å². The average molecular weight is 96.2 g/mol. The van der Waals surface area contributed by atoms with Crippen molar-refractivity contribution in [2.75, 3.05) is 0 Å². The van der Waals surface area contributed by atoms with E-state index in [9.17, 15) is 0 Å². The fraction of sp³-hybridized carbons (Fsp3) is 0.429. The first-order chi connectivity index (χ1) is 3.31. The van der Waals surface area contributed by atoms with Crippen molar-refractivity contribution in [1.29, 1.82) is 0 Å². The zero-order chi connectivity index (χ0) is 5.70. The van der Waals surface area contributed by atoms with E-state index in [4.69, 9.17) is 0 Å². The summed E-state index contributed by atoms with van der Waals surface area (Å²) < 4.78 is 0. The Bertz CT molecular complexity index is 70.1. The molecule has 0 aromatic carbocycles. The van der Waals surface area contributed by atoms with E-state index in [0.717, 1.165) is 0 Å². The van der Waals surface area contributed by atoms with Gasteiger partial charge in [-0.1, -0.05) is 25.2 Å². The van der Waals surface area contributed by atoms with Crippen LogP contribution in [-0.2, 0) is 0 Å². The predicted octanol–water partition coefficient (Wildman–Crippen LogP) is 2.38. The van der Waals surface area contributed by atoms with Crippen LogP contribution in [0.15, 0.2) is 24.8 Å². The summed E-state index contributed by atoms with van der Waals surface area (Å²) in [5, 5.41) is 0. The molecule has 0 bridgehead atoms. The maximum atomic E-state index is 3.63. The highest BCUT2D eigenvalue weighted by Crippen LogP contribution is 1.95. The molecule has 0 N–H and O–H groups in total. The summed E-state index contributed by atoms with van der Waals surface area (Å²) in [5.41, 5.74) is 0. The van der Waals surface area contributed by atoms with Gasteiger partial charge >= 0.3 is 0 Å². The molecule has 0 rings (SSSR count). The van der Waals surface area contributed by atoms with Gasteiger partial charge in [0.15, 0.2) is 0 Å². The molecule has 0 aliphatic rings. The van der Waals surface area contributed by atoms with E-state index in [1.54, 1.807) is 0 Å². The molecule has 0 radical (unpaired) electrons. The molecule has 0 nitrogen and oxygen atoms in total. The standard InChI is InChI=1S/C7H12/c1-4-6-7(3)5-2/h4-7H,2H2,1,3H3/t7-/m0/s1. The monoisotopic (exact) mass is 96.1 g/mol. The molecule has 0 unspecified atom stereocenters. The highest BCUT2D eigenvalue weighted by Gasteiger charge is 1.81. The van der Waals surface area contributed by atoms with Crippen LogP contribution in [0.2, 0.25) is 0 Å². The minimum Gasteiger partial charge on any atom is -0.102 e. The second kappa shape index (κ2) is 3.66. The molecule has 0 aliphatic carbocycles. The van der Waals surface area contributed by atoms with Gasteiger partial charge in [-0.25, -0.2) is 0 Å². The van der Waals surface area contributed by atoms with Gasteiger partial charge in [-0.2, -0.15) is 0 Å². The molecule has 0 aromatic heterocycles. The lowest BCUT2D eigenvalue weighted by Crippen LogP contribution is -1.76. The topological polar surface area (TPSA) is 0 Å². The van der Waals surface area contributed by atoms with Crippen LogP contribution in [0.1, 0.15) is 13.8 Å². The maximum absolute atomic E-state index is 3.63. The van der Waals surface area contributed by atoms with Gasteiger partial charge in [-0.15, -0.1) is 6.58 Å². The van der Waals surface area contributed by atoms with E-state index in [0.29, 0.717) is 5.92 Å². The fourth-order valence-electron chi connectivity index (χ4n) is 0.382. The molecule has 0 heteroatoms. The third-order valence-corrected chi connectivity index (χ3v) is 0.868. The van der Waals surface area contributed by atoms with Gasteiger partial charge in [0.25, 0.3) is 0 Å². The summed E-state index contributed by atoms with van der Waals surface area (Å²) in [7, 11) is 0. The molecule has 0 saturated heterocycles. The fourth-order valence-corrected chi connectivity index (χ4v) is 0.382. The molecule has 0 spiro atoms. The van der Waals surface area contributed by atoms with E-state index in [2.05, 4.69) is 19.6 Å². The van der Waals surface area contributed by atoms with E-state index in [-0.39, 0.29) is 0 Å². The zero-order valence-electron chi connectivity index (χ0n) is 5.02. The summed E-state index contributed by atoms with van der Waals surface area (Å²) in [6, 6.07) is 0. The Labute approximate surface area is 45.5 Å². The van der Waals surface area contributed by atoms with Crippen LogP contribution in [0, 0.1) is 5.92 Å². The highest BCUT2D eigenvalue weighted by atomic mass is 13.9. The van der Waals surface area contributed by atoms with Crippen molar-refractivity contribution in [2.45, 2.75) is 13.8 Å². The molecule has 0 heterocycles. The van der Waals surface area contributed by atoms with E-state index < -0.39 is 0 Å². The third kappa shape index (κ3) is 3.31. The van der Waals surface area contributed by atoms with Crippen molar-refractivity contribution in [2.24, 2.45) is 5.92 Å². The van der Waals surface area contributed by atoms with Gasteiger partial charge in [0.05, 0.1) is 0 Å². The summed E-state index contributed by atoms with van der Waals surface area (Å²) in [6.07, 6.45) is 6.05. The van der Waals surface area contributed by atoms with Crippen molar-refractivity contribution in [3.05, 3.63) is 24.8 Å². The van der Waals surface area contributed by atoms with Gasteiger partial charge in [0.1, 0.15) is 0 Å². The zero-order valence-corrected chi connectivity index (χ0v) is 5.02. The second-order valence-corrected chi connectivity index (χ2v) is 1.62. The largest absolute Gasteiger partial charge is 0.102 e. The first kappa shape index (κ1) is 6.48. The molecule has 0 aromatic rings. The lowest BCUT2D eigenvalue weighted by molar-refractivity contribution is 0.941. The number of hydrogen-bond donors (Lipinski definition) is 0. The van der Waals surface area contributed by atoms with E-state index >= 15 is 0 Å². The number of allylic oxidation sites excluding steroid dienone is 3.